The Bertz CT molecular complexity index is 1440. The average Bonchev–Trinajstić information content (AvgIpc) is 3.26. The first kappa shape index (κ1) is 24.2. The number of amides is 1. The first-order valence-corrected chi connectivity index (χ1v) is 11.2. The Labute approximate surface area is 206 Å². The number of halogens is 2. The van der Waals surface area contributed by atoms with Crippen LogP contribution in [0.3, 0.4) is 0 Å². The molecule has 8 heteroatoms. The Hall–Kier alpha value is -3.97. The van der Waals surface area contributed by atoms with Crippen molar-refractivity contribution < 1.29 is 23.5 Å². The number of ether oxygens (including phenoxy) is 1. The molecular formula is C27H22ClFN2O4. The lowest BCUT2D eigenvalue weighted by atomic mass is 9.95. The zero-order chi connectivity index (χ0) is 25.3. The number of fused-ring (bicyclic) bond motifs is 1. The molecule has 0 saturated carbocycles. The maximum Gasteiger partial charge on any atom is 0.338 e. The Balaban J connectivity index is 2.02. The third kappa shape index (κ3) is 4.55. The SMILES string of the molecule is COC(=O)c1cc(-c2ccc(F)cc2)cc2c1c(C(=O)c1ccc(CCl)cc1)cn2C(=O)N(C)C. The predicted molar refractivity (Wildman–Crippen MR) is 133 cm³/mol. The van der Waals surface area contributed by atoms with Gasteiger partial charge in [-0.25, -0.2) is 14.0 Å². The summed E-state index contributed by atoms with van der Waals surface area (Å²) in [7, 11) is 4.42. The maximum atomic E-state index is 13.6. The molecule has 0 aliphatic heterocycles. The van der Waals surface area contributed by atoms with Crippen molar-refractivity contribution in [3.8, 4) is 11.1 Å². The van der Waals surface area contributed by atoms with Gasteiger partial charge >= 0.3 is 12.0 Å². The molecule has 0 aliphatic rings. The van der Waals surface area contributed by atoms with Gasteiger partial charge in [0.15, 0.2) is 5.78 Å². The average molecular weight is 493 g/mol. The minimum Gasteiger partial charge on any atom is -0.465 e. The highest BCUT2D eigenvalue weighted by Gasteiger charge is 2.26. The Morgan fingerprint density at radius 2 is 1.60 bits per heavy atom. The normalized spacial score (nSPS) is 10.9. The number of alkyl halides is 1. The predicted octanol–water partition coefficient (Wildman–Crippen LogP) is 5.73. The number of benzene rings is 3. The second kappa shape index (κ2) is 9.72. The third-order valence-corrected chi connectivity index (χ3v) is 6.00. The topological polar surface area (TPSA) is 68.6 Å². The number of nitrogens with zero attached hydrogens (tertiary/aromatic N) is 2. The second-order valence-corrected chi connectivity index (χ2v) is 8.43. The summed E-state index contributed by atoms with van der Waals surface area (Å²) in [5.74, 6) is -1.12. The van der Waals surface area contributed by atoms with Crippen LogP contribution in [0.5, 0.6) is 0 Å². The summed E-state index contributed by atoms with van der Waals surface area (Å²) in [6, 6.07) is 15.4. The first-order chi connectivity index (χ1) is 16.7. The number of carbonyl (C=O) groups excluding carboxylic acids is 3. The van der Waals surface area contributed by atoms with Crippen molar-refractivity contribution in [1.82, 2.24) is 9.47 Å². The lowest BCUT2D eigenvalue weighted by Gasteiger charge is -2.13. The van der Waals surface area contributed by atoms with Crippen molar-refractivity contribution in [2.24, 2.45) is 0 Å². The van der Waals surface area contributed by atoms with Gasteiger partial charge in [0.2, 0.25) is 0 Å². The summed E-state index contributed by atoms with van der Waals surface area (Å²) >= 11 is 5.86. The molecule has 1 amide bonds. The molecule has 4 rings (SSSR count). The van der Waals surface area contributed by atoms with E-state index in [2.05, 4.69) is 0 Å². The number of hydrogen-bond donors (Lipinski definition) is 0. The van der Waals surface area contributed by atoms with Gasteiger partial charge in [0.05, 0.1) is 18.2 Å². The standard InChI is InChI=1S/C27H22ClFN2O4/c1-30(2)27(34)31-15-22(25(32)18-6-4-16(14-28)5-7-18)24-21(26(33)35-3)12-19(13-23(24)31)17-8-10-20(29)11-9-17/h4-13,15H,14H2,1-3H3. The first-order valence-electron chi connectivity index (χ1n) is 10.7. The molecule has 1 heterocycles. The second-order valence-electron chi connectivity index (χ2n) is 8.17. The summed E-state index contributed by atoms with van der Waals surface area (Å²) in [6.07, 6.45) is 1.44. The fourth-order valence-electron chi connectivity index (χ4n) is 3.89. The molecule has 0 aliphatic carbocycles. The van der Waals surface area contributed by atoms with Crippen LogP contribution in [0.1, 0.15) is 31.8 Å². The van der Waals surface area contributed by atoms with Crippen molar-refractivity contribution in [3.05, 3.63) is 94.9 Å². The molecular weight excluding hydrogens is 471 g/mol. The van der Waals surface area contributed by atoms with Gasteiger partial charge in [-0.3, -0.25) is 9.36 Å². The quantitative estimate of drug-likeness (QED) is 0.202. The van der Waals surface area contributed by atoms with Crippen LogP contribution in [0, 0.1) is 5.82 Å². The van der Waals surface area contributed by atoms with E-state index in [0.717, 1.165) is 5.56 Å². The van der Waals surface area contributed by atoms with E-state index in [0.29, 0.717) is 33.5 Å². The van der Waals surface area contributed by atoms with Crippen LogP contribution in [-0.2, 0) is 10.6 Å². The van der Waals surface area contributed by atoms with Crippen molar-refractivity contribution >= 4 is 40.3 Å². The summed E-state index contributed by atoms with van der Waals surface area (Å²) in [5, 5.41) is 0.296. The smallest absolute Gasteiger partial charge is 0.338 e. The molecule has 0 unspecified atom stereocenters. The van der Waals surface area contributed by atoms with Crippen molar-refractivity contribution in [3.63, 3.8) is 0 Å². The van der Waals surface area contributed by atoms with Crippen molar-refractivity contribution in [2.75, 3.05) is 21.2 Å². The van der Waals surface area contributed by atoms with E-state index in [1.54, 1.807) is 62.6 Å². The van der Waals surface area contributed by atoms with Gasteiger partial charge in [0.25, 0.3) is 0 Å². The number of aromatic nitrogens is 1. The fraction of sp³-hybridized carbons (Fsp3) is 0.148. The van der Waals surface area contributed by atoms with Gasteiger partial charge in [-0.2, -0.15) is 0 Å². The fourth-order valence-corrected chi connectivity index (χ4v) is 4.07. The van der Waals surface area contributed by atoms with Gasteiger partial charge in [0.1, 0.15) is 5.82 Å². The van der Waals surface area contributed by atoms with Crippen LogP contribution < -0.4 is 0 Å². The number of esters is 1. The zero-order valence-electron chi connectivity index (χ0n) is 19.3. The summed E-state index contributed by atoms with van der Waals surface area (Å²) in [6.45, 7) is 0. The van der Waals surface area contributed by atoms with Crippen LogP contribution in [0.2, 0.25) is 0 Å². The highest BCUT2D eigenvalue weighted by atomic mass is 35.5. The Kier molecular flexibility index (Phi) is 6.71. The van der Waals surface area contributed by atoms with Gasteiger partial charge in [-0.05, 0) is 41.0 Å². The maximum absolute atomic E-state index is 13.6. The molecule has 35 heavy (non-hydrogen) atoms. The Morgan fingerprint density at radius 3 is 2.17 bits per heavy atom. The lowest BCUT2D eigenvalue weighted by Crippen LogP contribution is -2.26. The molecule has 0 atom stereocenters. The molecule has 0 radical (unpaired) electrons. The van der Waals surface area contributed by atoms with E-state index < -0.39 is 17.8 Å². The van der Waals surface area contributed by atoms with Crippen molar-refractivity contribution in [2.45, 2.75) is 5.88 Å². The highest BCUT2D eigenvalue weighted by molar-refractivity contribution is 6.22. The molecule has 6 nitrogen and oxygen atoms in total. The molecule has 178 valence electrons. The molecule has 0 bridgehead atoms. The number of methoxy groups -OCH3 is 1. The largest absolute Gasteiger partial charge is 0.465 e. The molecule has 1 aromatic heterocycles. The van der Waals surface area contributed by atoms with Crippen LogP contribution in [0.15, 0.2) is 66.9 Å². The minimum absolute atomic E-state index is 0.121. The van der Waals surface area contributed by atoms with E-state index >= 15 is 0 Å². The molecule has 0 fully saturated rings. The highest BCUT2D eigenvalue weighted by Crippen LogP contribution is 2.33. The Morgan fingerprint density at radius 1 is 0.943 bits per heavy atom. The van der Waals surface area contributed by atoms with Gasteiger partial charge < -0.3 is 9.64 Å². The summed E-state index contributed by atoms with van der Waals surface area (Å²) < 4.78 is 19.8. The molecule has 3 aromatic carbocycles. The van der Waals surface area contributed by atoms with Gasteiger partial charge in [0, 0.05) is 42.7 Å². The molecule has 0 saturated heterocycles. The number of ketones is 1. The van der Waals surface area contributed by atoms with Gasteiger partial charge in [-0.15, -0.1) is 11.6 Å². The van der Waals surface area contributed by atoms with Gasteiger partial charge in [-0.1, -0.05) is 36.4 Å². The summed E-state index contributed by atoms with van der Waals surface area (Å²) in [4.78, 5) is 40.8. The van der Waals surface area contributed by atoms with Crippen LogP contribution in [0.4, 0.5) is 9.18 Å². The van der Waals surface area contributed by atoms with E-state index in [4.69, 9.17) is 16.3 Å². The number of carbonyl (C=O) groups is 3. The van der Waals surface area contributed by atoms with Crippen LogP contribution >= 0.6 is 11.6 Å². The molecule has 4 aromatic rings. The van der Waals surface area contributed by atoms with E-state index in [1.807, 2.05) is 0 Å². The lowest BCUT2D eigenvalue weighted by molar-refractivity contribution is 0.0603. The summed E-state index contributed by atoms with van der Waals surface area (Å²) in [5.41, 5.74) is 3.09. The van der Waals surface area contributed by atoms with E-state index in [1.165, 1.54) is 34.9 Å². The number of rotatable bonds is 5. The third-order valence-electron chi connectivity index (χ3n) is 5.69. The van der Waals surface area contributed by atoms with E-state index in [-0.39, 0.29) is 16.9 Å². The van der Waals surface area contributed by atoms with Crippen molar-refractivity contribution in [1.29, 1.82) is 0 Å². The molecule has 0 spiro atoms. The van der Waals surface area contributed by atoms with Crippen LogP contribution in [-0.4, -0.2) is 48.5 Å². The zero-order valence-corrected chi connectivity index (χ0v) is 20.1. The molecule has 0 N–H and O–H groups in total. The van der Waals surface area contributed by atoms with Crippen LogP contribution in [0.25, 0.3) is 22.0 Å². The number of hydrogen-bond acceptors (Lipinski definition) is 4. The monoisotopic (exact) mass is 492 g/mol. The van der Waals surface area contributed by atoms with E-state index in [9.17, 15) is 18.8 Å². The minimum atomic E-state index is -0.666.